The quantitative estimate of drug-likeness (QED) is 0.402. The Morgan fingerprint density at radius 2 is 1.88 bits per heavy atom. The Balaban J connectivity index is 1.27. The molecule has 1 aromatic heterocycles. The molecule has 2 amide bonds. The predicted octanol–water partition coefficient (Wildman–Crippen LogP) is 5.47. The number of hydrogen-bond donors (Lipinski definition) is 2. The van der Waals surface area contributed by atoms with Gasteiger partial charge in [0.2, 0.25) is 0 Å². The maximum absolute atomic E-state index is 12.8. The molecule has 0 unspecified atom stereocenters. The van der Waals surface area contributed by atoms with Crippen LogP contribution in [0, 0.1) is 0 Å². The lowest BCUT2D eigenvalue weighted by molar-refractivity contribution is 0.0949. The number of thiazole rings is 1. The van der Waals surface area contributed by atoms with Gasteiger partial charge in [-0.15, -0.1) is 11.3 Å². The van der Waals surface area contributed by atoms with Crippen LogP contribution in [-0.2, 0) is 6.54 Å². The lowest BCUT2D eigenvalue weighted by Crippen LogP contribution is -2.22. The molecule has 33 heavy (non-hydrogen) atoms. The average Bonchev–Trinajstić information content (AvgIpc) is 3.27. The van der Waals surface area contributed by atoms with Gasteiger partial charge >= 0.3 is 0 Å². The van der Waals surface area contributed by atoms with Crippen LogP contribution in [0.4, 0.5) is 5.69 Å². The maximum atomic E-state index is 12.8. The largest absolute Gasteiger partial charge is 0.497 e. The highest BCUT2D eigenvalue weighted by molar-refractivity contribution is 7.99. The number of fused-ring (bicyclic) bond motifs is 2. The maximum Gasteiger partial charge on any atom is 0.256 e. The summed E-state index contributed by atoms with van der Waals surface area (Å²) in [5.41, 5.74) is 2.75. The number of aromatic nitrogens is 1. The number of methoxy groups -OCH3 is 1. The second-order valence-corrected chi connectivity index (χ2v) is 9.51. The molecule has 4 aromatic rings. The van der Waals surface area contributed by atoms with Gasteiger partial charge in [0, 0.05) is 32.0 Å². The van der Waals surface area contributed by atoms with Gasteiger partial charge in [-0.2, -0.15) is 0 Å². The third-order valence-electron chi connectivity index (χ3n) is 5.16. The van der Waals surface area contributed by atoms with E-state index in [1.54, 1.807) is 31.5 Å². The van der Waals surface area contributed by atoms with Crippen molar-refractivity contribution in [2.45, 2.75) is 16.3 Å². The summed E-state index contributed by atoms with van der Waals surface area (Å²) in [6, 6.07) is 20.5. The van der Waals surface area contributed by atoms with E-state index in [1.807, 2.05) is 48.5 Å². The van der Waals surface area contributed by atoms with E-state index in [1.165, 1.54) is 23.1 Å². The van der Waals surface area contributed by atoms with Crippen LogP contribution in [0.15, 0.2) is 82.7 Å². The fourth-order valence-electron chi connectivity index (χ4n) is 3.43. The molecule has 0 atom stereocenters. The van der Waals surface area contributed by atoms with E-state index >= 15 is 0 Å². The fraction of sp³-hybridized carbons (Fsp3) is 0.0800. The third-order valence-corrected chi connectivity index (χ3v) is 7.35. The number of nitrogens with one attached hydrogen (secondary N) is 2. The Bertz CT molecular complexity index is 1350. The average molecular weight is 474 g/mol. The number of carbonyl (C=O) groups excluding carboxylic acids is 2. The van der Waals surface area contributed by atoms with Crippen molar-refractivity contribution in [3.05, 3.63) is 88.9 Å². The van der Waals surface area contributed by atoms with E-state index < -0.39 is 0 Å². The van der Waals surface area contributed by atoms with Crippen molar-refractivity contribution in [3.8, 4) is 16.3 Å². The summed E-state index contributed by atoms with van der Waals surface area (Å²) in [4.78, 5) is 32.6. The Hall–Kier alpha value is -3.62. The summed E-state index contributed by atoms with van der Waals surface area (Å²) in [6.45, 7) is 0.371. The van der Waals surface area contributed by atoms with E-state index in [0.717, 1.165) is 31.0 Å². The summed E-state index contributed by atoms with van der Waals surface area (Å²) < 4.78 is 5.19. The molecule has 2 N–H and O–H groups in total. The summed E-state index contributed by atoms with van der Waals surface area (Å²) in [7, 11) is 1.63. The Morgan fingerprint density at radius 1 is 1.06 bits per heavy atom. The van der Waals surface area contributed by atoms with Crippen LogP contribution < -0.4 is 15.4 Å². The van der Waals surface area contributed by atoms with E-state index in [4.69, 9.17) is 4.74 Å². The van der Waals surface area contributed by atoms with Gasteiger partial charge in [-0.3, -0.25) is 9.59 Å². The zero-order valence-electron chi connectivity index (χ0n) is 17.6. The van der Waals surface area contributed by atoms with E-state index in [0.29, 0.717) is 23.4 Å². The monoisotopic (exact) mass is 473 g/mol. The minimum absolute atomic E-state index is 0.176. The first kappa shape index (κ1) is 21.2. The Labute approximate surface area is 199 Å². The molecule has 164 valence electrons. The molecule has 2 heterocycles. The van der Waals surface area contributed by atoms with Crippen LogP contribution in [-0.4, -0.2) is 23.9 Å². The van der Waals surface area contributed by atoms with Crippen molar-refractivity contribution in [2.75, 3.05) is 12.4 Å². The van der Waals surface area contributed by atoms with E-state index in [-0.39, 0.29) is 11.8 Å². The number of ether oxygens (including phenoxy) is 1. The normalized spacial score (nSPS) is 12.2. The van der Waals surface area contributed by atoms with Crippen molar-refractivity contribution >= 4 is 40.6 Å². The molecule has 0 aliphatic carbocycles. The number of hydrogen-bond acceptors (Lipinski definition) is 6. The van der Waals surface area contributed by atoms with Crippen LogP contribution in [0.25, 0.3) is 10.6 Å². The number of anilines is 1. The van der Waals surface area contributed by atoms with Gasteiger partial charge in [-0.1, -0.05) is 23.9 Å². The second kappa shape index (κ2) is 9.09. The molecular formula is C25H19N3O3S2. The highest BCUT2D eigenvalue weighted by atomic mass is 32.2. The third kappa shape index (κ3) is 4.48. The smallest absolute Gasteiger partial charge is 0.256 e. The number of carbonyl (C=O) groups is 2. The van der Waals surface area contributed by atoms with Crippen molar-refractivity contribution < 1.29 is 14.3 Å². The first-order valence-corrected chi connectivity index (χ1v) is 11.8. The standard InChI is InChI=1S/C25H19N3O3S2/c1-31-17-9-6-15(7-10-17)25-27-14-18(32-25)13-26-23(29)16-8-11-22-20(12-16)28-24(30)19-4-2-3-5-21(19)33-22/h2-12,14H,13H2,1H3,(H,26,29)(H,28,30). The zero-order chi connectivity index (χ0) is 22.8. The van der Waals surface area contributed by atoms with Gasteiger partial charge in [0.25, 0.3) is 11.8 Å². The van der Waals surface area contributed by atoms with Gasteiger partial charge in [0.05, 0.1) is 24.9 Å². The SMILES string of the molecule is COc1ccc(-c2ncc(CNC(=O)c3ccc4c(c3)NC(=O)c3ccccc3S4)s2)cc1. The minimum Gasteiger partial charge on any atom is -0.497 e. The van der Waals surface area contributed by atoms with Gasteiger partial charge < -0.3 is 15.4 Å². The van der Waals surface area contributed by atoms with Gasteiger partial charge in [0.1, 0.15) is 10.8 Å². The number of rotatable bonds is 5. The Kier molecular flexibility index (Phi) is 5.85. The molecule has 0 saturated carbocycles. The molecule has 0 spiro atoms. The van der Waals surface area contributed by atoms with E-state index in [9.17, 15) is 9.59 Å². The van der Waals surface area contributed by atoms with E-state index in [2.05, 4.69) is 15.6 Å². The molecule has 6 nitrogen and oxygen atoms in total. The molecule has 3 aromatic carbocycles. The predicted molar refractivity (Wildman–Crippen MR) is 130 cm³/mol. The van der Waals surface area contributed by atoms with Crippen molar-refractivity contribution in [2.24, 2.45) is 0 Å². The van der Waals surface area contributed by atoms with Gasteiger partial charge in [-0.25, -0.2) is 4.98 Å². The second-order valence-electron chi connectivity index (χ2n) is 7.31. The van der Waals surface area contributed by atoms with Gasteiger partial charge in [0.15, 0.2) is 0 Å². The van der Waals surface area contributed by atoms with Crippen LogP contribution in [0.1, 0.15) is 25.6 Å². The first-order chi connectivity index (χ1) is 16.1. The highest BCUT2D eigenvalue weighted by Crippen LogP contribution is 2.39. The van der Waals surface area contributed by atoms with Crippen LogP contribution in [0.2, 0.25) is 0 Å². The van der Waals surface area contributed by atoms with Crippen molar-refractivity contribution in [1.82, 2.24) is 10.3 Å². The fourth-order valence-corrected chi connectivity index (χ4v) is 5.30. The highest BCUT2D eigenvalue weighted by Gasteiger charge is 2.20. The molecule has 1 aliphatic rings. The molecule has 1 aliphatic heterocycles. The lowest BCUT2D eigenvalue weighted by Gasteiger charge is -2.09. The summed E-state index contributed by atoms with van der Waals surface area (Å²) >= 11 is 3.04. The number of benzene rings is 3. The van der Waals surface area contributed by atoms with Crippen LogP contribution in [0.3, 0.4) is 0 Å². The Morgan fingerprint density at radius 3 is 2.70 bits per heavy atom. The van der Waals surface area contributed by atoms with Crippen LogP contribution in [0.5, 0.6) is 5.75 Å². The van der Waals surface area contributed by atoms with Crippen molar-refractivity contribution in [1.29, 1.82) is 0 Å². The molecule has 0 radical (unpaired) electrons. The molecule has 0 fully saturated rings. The molecule has 5 rings (SSSR count). The van der Waals surface area contributed by atoms with Crippen LogP contribution >= 0.6 is 23.1 Å². The molecular weight excluding hydrogens is 454 g/mol. The van der Waals surface area contributed by atoms with Crippen molar-refractivity contribution in [3.63, 3.8) is 0 Å². The lowest BCUT2D eigenvalue weighted by atomic mass is 10.1. The van der Waals surface area contributed by atoms with Gasteiger partial charge in [-0.05, 0) is 54.6 Å². The molecule has 0 bridgehead atoms. The number of amides is 2. The summed E-state index contributed by atoms with van der Waals surface area (Å²) in [5.74, 6) is 0.408. The molecule has 0 saturated heterocycles. The number of nitrogens with zero attached hydrogens (tertiary/aromatic N) is 1. The zero-order valence-corrected chi connectivity index (χ0v) is 19.3. The molecule has 8 heteroatoms. The first-order valence-electron chi connectivity index (χ1n) is 10.2. The minimum atomic E-state index is -0.210. The topological polar surface area (TPSA) is 80.3 Å². The summed E-state index contributed by atoms with van der Waals surface area (Å²) in [6.07, 6.45) is 1.77. The summed E-state index contributed by atoms with van der Waals surface area (Å²) in [5, 5.41) is 6.74.